The highest BCUT2D eigenvalue weighted by Crippen LogP contribution is 2.42. The Morgan fingerprint density at radius 2 is 1.81 bits per heavy atom. The lowest BCUT2D eigenvalue weighted by molar-refractivity contribution is 0.107. The number of hydrogen-bond acceptors (Lipinski definition) is 10. The van der Waals surface area contributed by atoms with Crippen LogP contribution >= 0.6 is 0 Å². The van der Waals surface area contributed by atoms with Crippen LogP contribution in [0.25, 0.3) is 32.9 Å². The van der Waals surface area contributed by atoms with Crippen LogP contribution in [-0.4, -0.2) is 75.7 Å². The second kappa shape index (κ2) is 14.2. The number of ether oxygens (including phenoxy) is 1. The van der Waals surface area contributed by atoms with E-state index < -0.39 is 17.5 Å². The van der Waals surface area contributed by atoms with Crippen LogP contribution in [0.5, 0.6) is 6.01 Å². The molecule has 0 spiro atoms. The third kappa shape index (κ3) is 6.13. The second-order valence-corrected chi connectivity index (χ2v) is 14.4. The van der Waals surface area contributed by atoms with Gasteiger partial charge in [0, 0.05) is 36.6 Å². The number of anilines is 1. The lowest BCUT2D eigenvalue weighted by atomic mass is 9.94. The van der Waals surface area contributed by atoms with Crippen molar-refractivity contribution in [2.45, 2.75) is 83.8 Å². The van der Waals surface area contributed by atoms with E-state index in [1.165, 1.54) is 6.07 Å². The predicted molar refractivity (Wildman–Crippen MR) is 199 cm³/mol. The average Bonchev–Trinajstić information content (AvgIpc) is 3.85. The quantitative estimate of drug-likeness (QED) is 0.170. The van der Waals surface area contributed by atoms with Crippen molar-refractivity contribution in [3.63, 3.8) is 0 Å². The molecule has 5 aromatic rings. The highest BCUT2D eigenvalue weighted by atomic mass is 19.1. The van der Waals surface area contributed by atoms with Crippen LogP contribution in [-0.2, 0) is 13.0 Å². The predicted octanol–water partition coefficient (Wildman–Crippen LogP) is 7.02. The third-order valence-electron chi connectivity index (χ3n) is 11.5. The van der Waals surface area contributed by atoms with Crippen LogP contribution in [0.3, 0.4) is 0 Å². The molecule has 1 atom stereocenters. The highest BCUT2D eigenvalue weighted by Gasteiger charge is 2.45. The second-order valence-electron chi connectivity index (χ2n) is 14.4. The van der Waals surface area contributed by atoms with Crippen molar-refractivity contribution >= 4 is 27.5 Å². The summed E-state index contributed by atoms with van der Waals surface area (Å²) in [6.07, 6.45) is 12.3. The topological polar surface area (TPSA) is 101 Å². The van der Waals surface area contributed by atoms with Gasteiger partial charge >= 0.3 is 11.8 Å². The van der Waals surface area contributed by atoms with E-state index in [2.05, 4.69) is 20.6 Å². The van der Waals surface area contributed by atoms with Crippen LogP contribution < -0.4 is 15.5 Å². The molecule has 0 saturated carbocycles. The SMILES string of the molecule is C#Cc1c(F)ccc2cccc(-c3nc4c5c(nc(OCC67CCCN6CCC7)nc5c3F)N3CCN(Cc5oc(=O)oc5C)CC3CCC4)c12.CC. The van der Waals surface area contributed by atoms with E-state index in [1.54, 1.807) is 25.1 Å². The molecule has 0 aliphatic carbocycles. The minimum atomic E-state index is -0.699. The van der Waals surface area contributed by atoms with Crippen molar-refractivity contribution in [2.24, 2.45) is 0 Å². The van der Waals surface area contributed by atoms with E-state index in [-0.39, 0.29) is 34.4 Å². The fraction of sp³-hybridized carbons (Fsp3) is 0.463. The summed E-state index contributed by atoms with van der Waals surface area (Å²) >= 11 is 0. The maximum absolute atomic E-state index is 17.2. The first kappa shape index (κ1) is 35.2. The van der Waals surface area contributed by atoms with Crippen molar-refractivity contribution in [3.8, 4) is 29.6 Å². The molecule has 0 amide bonds. The minimum Gasteiger partial charge on any atom is -0.461 e. The van der Waals surface area contributed by atoms with Crippen LogP contribution in [0, 0.1) is 30.9 Å². The largest absolute Gasteiger partial charge is 0.519 e. The number of fused-ring (bicyclic) bond motifs is 4. The smallest absolute Gasteiger partial charge is 0.461 e. The summed E-state index contributed by atoms with van der Waals surface area (Å²) in [4.78, 5) is 33.5. The molecule has 2 aromatic carbocycles. The molecular weight excluding hydrogens is 678 g/mol. The van der Waals surface area contributed by atoms with Gasteiger partial charge in [-0.3, -0.25) is 9.80 Å². The van der Waals surface area contributed by atoms with Gasteiger partial charge in [-0.2, -0.15) is 9.97 Å². The average molecular weight is 723 g/mol. The summed E-state index contributed by atoms with van der Waals surface area (Å²) < 4.78 is 49.2. The van der Waals surface area contributed by atoms with Crippen molar-refractivity contribution in [1.29, 1.82) is 0 Å². The summed E-state index contributed by atoms with van der Waals surface area (Å²) in [6.45, 7) is 10.7. The Balaban J connectivity index is 0.00000197. The van der Waals surface area contributed by atoms with E-state index in [1.807, 2.05) is 19.9 Å². The summed E-state index contributed by atoms with van der Waals surface area (Å²) in [5.74, 6) is 2.24. The molecule has 12 heteroatoms. The molecule has 9 rings (SSSR count). The van der Waals surface area contributed by atoms with Crippen molar-refractivity contribution in [1.82, 2.24) is 24.8 Å². The lowest BCUT2D eigenvalue weighted by Crippen LogP contribution is -2.53. The first-order valence-electron chi connectivity index (χ1n) is 18.9. The van der Waals surface area contributed by atoms with Gasteiger partial charge in [0.05, 0.1) is 28.7 Å². The van der Waals surface area contributed by atoms with Crippen LogP contribution in [0.1, 0.15) is 75.2 Å². The zero-order valence-corrected chi connectivity index (χ0v) is 30.5. The summed E-state index contributed by atoms with van der Waals surface area (Å²) in [5, 5.41) is 1.71. The Morgan fingerprint density at radius 3 is 2.57 bits per heavy atom. The van der Waals surface area contributed by atoms with Crippen LogP contribution in [0.2, 0.25) is 0 Å². The maximum atomic E-state index is 17.2. The maximum Gasteiger partial charge on any atom is 0.519 e. The standard InChI is InChI=1S/C39H38F2N6O4.C2H6/c1-3-26-28(40)13-12-24-8-4-10-27(31(24)26)34-33(41)35-32-29(42-34)11-5-9-25-20-45(21-30-23(2)50-38(48)51-30)18-19-47(25)36(32)44-37(43-35)49-22-39-14-6-16-46(39)17-7-15-39;1-2/h1,4,8,10,12-13,25H,5-7,9,11,14-22H2,2H3;1-2H3. The number of pyridine rings is 1. The van der Waals surface area contributed by atoms with Crippen LogP contribution in [0.15, 0.2) is 44.0 Å². The van der Waals surface area contributed by atoms with Crippen molar-refractivity contribution in [2.75, 3.05) is 44.2 Å². The number of rotatable bonds is 6. The Labute approximate surface area is 307 Å². The van der Waals surface area contributed by atoms with Crippen molar-refractivity contribution in [3.05, 3.63) is 75.4 Å². The first-order chi connectivity index (χ1) is 25.8. The molecule has 10 nitrogen and oxygen atoms in total. The van der Waals surface area contributed by atoms with Gasteiger partial charge < -0.3 is 18.5 Å². The summed E-state index contributed by atoms with van der Waals surface area (Å²) in [6, 6.07) is 8.55. The Morgan fingerprint density at radius 1 is 1.00 bits per heavy atom. The number of hydrogen-bond donors (Lipinski definition) is 0. The Bertz CT molecular complexity index is 2290. The first-order valence-corrected chi connectivity index (χ1v) is 18.9. The zero-order valence-electron chi connectivity index (χ0n) is 30.5. The fourth-order valence-electron chi connectivity index (χ4n) is 9.01. The molecule has 1 unspecified atom stereocenters. The van der Waals surface area contributed by atoms with E-state index in [0.29, 0.717) is 84.0 Å². The number of halogens is 2. The lowest BCUT2D eigenvalue weighted by Gasteiger charge is -2.43. The number of aromatic nitrogens is 3. The molecular formula is C41H44F2N6O4. The fourth-order valence-corrected chi connectivity index (χ4v) is 9.01. The Kier molecular flexibility index (Phi) is 9.41. The Hall–Kier alpha value is -4.86. The molecule has 7 heterocycles. The third-order valence-corrected chi connectivity index (χ3v) is 11.5. The molecule has 53 heavy (non-hydrogen) atoms. The number of aryl methyl sites for hydroxylation is 2. The number of benzene rings is 2. The normalized spacial score (nSPS) is 19.6. The molecule has 0 bridgehead atoms. The number of nitrogens with zero attached hydrogens (tertiary/aromatic N) is 6. The summed E-state index contributed by atoms with van der Waals surface area (Å²) in [5.41, 5.74) is 1.34. The molecule has 276 valence electrons. The van der Waals surface area contributed by atoms with Crippen LogP contribution in [0.4, 0.5) is 14.6 Å². The van der Waals surface area contributed by atoms with Gasteiger partial charge in [-0.15, -0.1) is 6.42 Å². The van der Waals surface area contributed by atoms with Gasteiger partial charge in [-0.05, 0) is 76.4 Å². The molecule has 3 fully saturated rings. The molecule has 0 N–H and O–H groups in total. The van der Waals surface area contributed by atoms with E-state index in [4.69, 9.17) is 34.9 Å². The molecule has 0 radical (unpaired) electrons. The highest BCUT2D eigenvalue weighted by molar-refractivity contribution is 6.02. The molecule has 4 aliphatic heterocycles. The minimum absolute atomic E-state index is 0.0515. The molecule has 3 saturated heterocycles. The van der Waals surface area contributed by atoms with Gasteiger partial charge in [-0.1, -0.05) is 44.0 Å². The van der Waals surface area contributed by atoms with E-state index >= 15 is 8.78 Å². The van der Waals surface area contributed by atoms with Gasteiger partial charge in [0.2, 0.25) is 0 Å². The van der Waals surface area contributed by atoms with Gasteiger partial charge in [-0.25, -0.2) is 18.6 Å². The van der Waals surface area contributed by atoms with Gasteiger partial charge in [0.25, 0.3) is 0 Å². The molecule has 3 aromatic heterocycles. The zero-order chi connectivity index (χ0) is 36.9. The number of terminal acetylenes is 1. The number of piperazine rings is 1. The van der Waals surface area contributed by atoms with Crippen molar-refractivity contribution < 1.29 is 22.4 Å². The van der Waals surface area contributed by atoms with E-state index in [0.717, 1.165) is 51.6 Å². The van der Waals surface area contributed by atoms with Gasteiger partial charge in [0.15, 0.2) is 11.6 Å². The van der Waals surface area contributed by atoms with Gasteiger partial charge in [0.1, 0.15) is 35.2 Å². The molecule has 4 aliphatic rings. The monoisotopic (exact) mass is 722 g/mol. The van der Waals surface area contributed by atoms with E-state index in [9.17, 15) is 4.79 Å². The summed E-state index contributed by atoms with van der Waals surface area (Å²) in [7, 11) is 0.